The van der Waals surface area contributed by atoms with Crippen molar-refractivity contribution >= 4 is 28.4 Å². The van der Waals surface area contributed by atoms with E-state index < -0.39 is 0 Å². The molecule has 2 bridgehead atoms. The first-order chi connectivity index (χ1) is 10.3. The van der Waals surface area contributed by atoms with Gasteiger partial charge in [0.2, 0.25) is 0 Å². The predicted molar refractivity (Wildman–Crippen MR) is 82.7 cm³/mol. The van der Waals surface area contributed by atoms with Crippen molar-refractivity contribution in [3.8, 4) is 0 Å². The summed E-state index contributed by atoms with van der Waals surface area (Å²) in [4.78, 5) is 2.70. The number of fused-ring (bicyclic) bond motifs is 3. The van der Waals surface area contributed by atoms with Gasteiger partial charge in [-0.15, -0.1) is 0 Å². The fraction of sp³-hybridized carbons (Fsp3) is 0.562. The Balaban J connectivity index is 1.51. The quantitative estimate of drug-likeness (QED) is 0.921. The maximum absolute atomic E-state index is 6.01. The number of nitrogens with zero attached hydrogens (tertiary/aromatic N) is 2. The van der Waals surface area contributed by atoms with E-state index in [2.05, 4.69) is 15.4 Å². The van der Waals surface area contributed by atoms with Crippen LogP contribution in [0.5, 0.6) is 0 Å². The van der Waals surface area contributed by atoms with Gasteiger partial charge in [0.15, 0.2) is 11.4 Å². The molecule has 1 aromatic carbocycles. The highest BCUT2D eigenvalue weighted by atomic mass is 35.5. The molecule has 110 valence electrons. The van der Waals surface area contributed by atoms with Crippen LogP contribution in [0.1, 0.15) is 25.7 Å². The second-order valence-electron chi connectivity index (χ2n) is 6.72. The lowest BCUT2D eigenvalue weighted by atomic mass is 9.77. The van der Waals surface area contributed by atoms with Gasteiger partial charge in [-0.25, -0.2) is 0 Å². The van der Waals surface area contributed by atoms with E-state index in [0.29, 0.717) is 16.6 Å². The van der Waals surface area contributed by atoms with Crippen LogP contribution in [0.25, 0.3) is 11.0 Å². The van der Waals surface area contributed by atoms with Gasteiger partial charge in [-0.05, 0) is 56.8 Å². The molecular weight excluding hydrogens is 286 g/mol. The van der Waals surface area contributed by atoms with E-state index in [-0.39, 0.29) is 0 Å². The number of benzene rings is 1. The molecule has 1 saturated carbocycles. The normalized spacial score (nSPS) is 32.7. The van der Waals surface area contributed by atoms with Gasteiger partial charge in [0.05, 0.1) is 5.39 Å². The highest BCUT2D eigenvalue weighted by Crippen LogP contribution is 2.54. The Morgan fingerprint density at radius 1 is 1.29 bits per heavy atom. The van der Waals surface area contributed by atoms with E-state index in [0.717, 1.165) is 22.7 Å². The Kier molecular flexibility index (Phi) is 2.43. The van der Waals surface area contributed by atoms with Crippen LogP contribution in [0.4, 0.5) is 5.82 Å². The number of piperidine rings is 3. The average molecular weight is 304 g/mol. The Labute approximate surface area is 128 Å². The number of anilines is 1. The molecule has 1 spiro atoms. The lowest BCUT2D eigenvalue weighted by Gasteiger charge is -2.52. The molecule has 1 aliphatic carbocycles. The number of hydrogen-bond acceptors (Lipinski definition) is 4. The number of rotatable bonds is 2. The summed E-state index contributed by atoms with van der Waals surface area (Å²) in [6.07, 6.45) is 5.26. The predicted octanol–water partition coefficient (Wildman–Crippen LogP) is 3.52. The smallest absolute Gasteiger partial charge is 0.177 e. The van der Waals surface area contributed by atoms with Crippen molar-refractivity contribution in [3.05, 3.63) is 23.2 Å². The molecule has 4 fully saturated rings. The minimum atomic E-state index is 0.402. The SMILES string of the molecule is Clc1ccc2c(N[C@H]3C4CCN(CC4)C34CC4)noc2c1. The van der Waals surface area contributed by atoms with Crippen LogP contribution in [0.2, 0.25) is 5.02 Å². The zero-order chi connectivity index (χ0) is 14.0. The molecule has 2 aromatic rings. The maximum atomic E-state index is 6.01. The Bertz CT molecular complexity index is 701. The summed E-state index contributed by atoms with van der Waals surface area (Å²) in [6, 6.07) is 6.25. The van der Waals surface area contributed by atoms with Crippen molar-refractivity contribution in [3.63, 3.8) is 0 Å². The lowest BCUT2D eigenvalue weighted by Crippen LogP contribution is -2.62. The number of aromatic nitrogens is 1. The summed E-state index contributed by atoms with van der Waals surface area (Å²) >= 11 is 6.01. The molecule has 4 aliphatic rings. The van der Waals surface area contributed by atoms with Crippen LogP contribution < -0.4 is 5.32 Å². The van der Waals surface area contributed by atoms with Gasteiger partial charge in [-0.1, -0.05) is 16.8 Å². The summed E-state index contributed by atoms with van der Waals surface area (Å²) in [5.41, 5.74) is 1.16. The molecule has 1 N–H and O–H groups in total. The van der Waals surface area contributed by atoms with E-state index in [1.807, 2.05) is 18.2 Å². The zero-order valence-electron chi connectivity index (χ0n) is 11.8. The third-order valence-corrected chi connectivity index (χ3v) is 5.94. The van der Waals surface area contributed by atoms with Gasteiger partial charge >= 0.3 is 0 Å². The standard InChI is InChI=1S/C16H18ClN3O/c17-11-1-2-12-13(9-11)21-19-15(12)18-14-10-3-7-20(8-4-10)16(14)5-6-16/h1-2,9-10,14H,3-8H2,(H,18,19)/t14-/m0/s1. The molecule has 3 aliphatic heterocycles. The molecule has 1 atom stereocenters. The maximum Gasteiger partial charge on any atom is 0.177 e. The van der Waals surface area contributed by atoms with Crippen LogP contribution in [0.15, 0.2) is 22.7 Å². The minimum Gasteiger partial charge on any atom is -0.362 e. The topological polar surface area (TPSA) is 41.3 Å². The molecule has 1 aromatic heterocycles. The molecule has 6 rings (SSSR count). The fourth-order valence-electron chi connectivity index (χ4n) is 4.48. The van der Waals surface area contributed by atoms with Gasteiger partial charge < -0.3 is 9.84 Å². The highest BCUT2D eigenvalue weighted by molar-refractivity contribution is 6.31. The minimum absolute atomic E-state index is 0.402. The number of halogens is 1. The van der Waals surface area contributed by atoms with Gasteiger partial charge in [0.1, 0.15) is 0 Å². The van der Waals surface area contributed by atoms with Crippen molar-refractivity contribution < 1.29 is 4.52 Å². The van der Waals surface area contributed by atoms with Crippen LogP contribution in [0.3, 0.4) is 0 Å². The lowest BCUT2D eigenvalue weighted by molar-refractivity contribution is 0.0202. The summed E-state index contributed by atoms with van der Waals surface area (Å²) in [7, 11) is 0. The number of nitrogens with one attached hydrogen (secondary N) is 1. The third-order valence-electron chi connectivity index (χ3n) is 5.71. The summed E-state index contributed by atoms with van der Waals surface area (Å²) in [5.74, 6) is 1.66. The molecule has 3 saturated heterocycles. The monoisotopic (exact) mass is 303 g/mol. The zero-order valence-corrected chi connectivity index (χ0v) is 12.6. The Morgan fingerprint density at radius 3 is 2.86 bits per heavy atom. The first kappa shape index (κ1) is 12.3. The number of hydrogen-bond donors (Lipinski definition) is 1. The van der Waals surface area contributed by atoms with Crippen molar-refractivity contribution in [1.82, 2.24) is 10.1 Å². The first-order valence-electron chi connectivity index (χ1n) is 7.83. The van der Waals surface area contributed by atoms with Crippen LogP contribution in [-0.2, 0) is 0 Å². The molecule has 4 nitrogen and oxygen atoms in total. The summed E-state index contributed by atoms with van der Waals surface area (Å²) < 4.78 is 5.43. The molecule has 21 heavy (non-hydrogen) atoms. The second kappa shape index (κ2) is 4.14. The van der Waals surface area contributed by atoms with E-state index in [1.165, 1.54) is 38.8 Å². The molecule has 0 radical (unpaired) electrons. The highest BCUT2D eigenvalue weighted by Gasteiger charge is 2.60. The van der Waals surface area contributed by atoms with Crippen molar-refractivity contribution in [2.45, 2.75) is 37.3 Å². The summed E-state index contributed by atoms with van der Waals surface area (Å²) in [5, 5.41) is 9.68. The average Bonchev–Trinajstić information content (AvgIpc) is 3.19. The van der Waals surface area contributed by atoms with E-state index in [9.17, 15) is 0 Å². The van der Waals surface area contributed by atoms with Crippen molar-refractivity contribution in [2.75, 3.05) is 18.4 Å². The molecule has 0 unspecified atom stereocenters. The Hall–Kier alpha value is -1.26. The van der Waals surface area contributed by atoms with Crippen molar-refractivity contribution in [1.29, 1.82) is 0 Å². The van der Waals surface area contributed by atoms with E-state index in [4.69, 9.17) is 16.1 Å². The first-order valence-corrected chi connectivity index (χ1v) is 8.21. The van der Waals surface area contributed by atoms with Crippen LogP contribution in [0, 0.1) is 5.92 Å². The Morgan fingerprint density at radius 2 is 2.10 bits per heavy atom. The largest absolute Gasteiger partial charge is 0.362 e. The van der Waals surface area contributed by atoms with Gasteiger partial charge in [0, 0.05) is 22.7 Å². The molecule has 0 amide bonds. The van der Waals surface area contributed by atoms with Gasteiger partial charge in [0.25, 0.3) is 0 Å². The van der Waals surface area contributed by atoms with Crippen LogP contribution >= 0.6 is 11.6 Å². The van der Waals surface area contributed by atoms with Gasteiger partial charge in [-0.3, -0.25) is 4.90 Å². The van der Waals surface area contributed by atoms with E-state index >= 15 is 0 Å². The van der Waals surface area contributed by atoms with E-state index in [1.54, 1.807) is 0 Å². The fourth-order valence-corrected chi connectivity index (χ4v) is 4.65. The molecular formula is C16H18ClN3O. The van der Waals surface area contributed by atoms with Crippen molar-refractivity contribution in [2.24, 2.45) is 5.92 Å². The molecule has 5 heteroatoms. The summed E-state index contributed by atoms with van der Waals surface area (Å²) in [6.45, 7) is 2.55. The third kappa shape index (κ3) is 1.69. The van der Waals surface area contributed by atoms with Gasteiger partial charge in [-0.2, -0.15) is 0 Å². The second-order valence-corrected chi connectivity index (χ2v) is 7.16. The molecule has 4 heterocycles. The van der Waals surface area contributed by atoms with Crippen LogP contribution in [-0.4, -0.2) is 34.7 Å².